The second-order valence-electron chi connectivity index (χ2n) is 9.12. The number of para-hydroxylation sites is 1. The zero-order valence-electron chi connectivity index (χ0n) is 20.4. The molecule has 5 rings (SSSR count). The molecule has 1 saturated heterocycles. The van der Waals surface area contributed by atoms with E-state index in [9.17, 15) is 4.79 Å². The molecule has 1 amide bonds. The summed E-state index contributed by atoms with van der Waals surface area (Å²) in [6.07, 6.45) is 5.31. The minimum absolute atomic E-state index is 0.244. The fourth-order valence-electron chi connectivity index (χ4n) is 4.85. The lowest BCUT2D eigenvalue weighted by molar-refractivity contribution is 0.0982. The standard InChI is InChI=1S/C26H29Cl2N7O/c1-29-14-17-13-18(9-10-22(17)34-11-4-3-5-12-34)31-26-30-15-19-24(32-26)33(2)16-35(25(19)36)23-20(27)7-6-8-21(23)28/h6-10,13,15,29H,3-5,11-12,14,16H2,1-2H3,(H,30,31,32). The summed E-state index contributed by atoms with van der Waals surface area (Å²) in [5.74, 6) is 0.739. The van der Waals surface area contributed by atoms with Gasteiger partial charge in [0.1, 0.15) is 11.4 Å². The van der Waals surface area contributed by atoms with Crippen LogP contribution in [0.4, 0.5) is 28.8 Å². The maximum Gasteiger partial charge on any atom is 0.265 e. The minimum atomic E-state index is -0.244. The van der Waals surface area contributed by atoms with Crippen LogP contribution >= 0.6 is 23.2 Å². The highest BCUT2D eigenvalue weighted by molar-refractivity contribution is 6.40. The van der Waals surface area contributed by atoms with Crippen LogP contribution in [0, 0.1) is 0 Å². The van der Waals surface area contributed by atoms with Crippen LogP contribution in [0.15, 0.2) is 42.6 Å². The zero-order valence-corrected chi connectivity index (χ0v) is 21.9. The summed E-state index contributed by atoms with van der Waals surface area (Å²) >= 11 is 12.7. The van der Waals surface area contributed by atoms with Crippen molar-refractivity contribution < 1.29 is 4.79 Å². The zero-order chi connectivity index (χ0) is 25.2. The Labute approximate surface area is 221 Å². The molecule has 36 heavy (non-hydrogen) atoms. The number of aromatic nitrogens is 2. The number of piperidine rings is 1. The Morgan fingerprint density at radius 3 is 2.53 bits per heavy atom. The average molecular weight is 526 g/mol. The Bertz CT molecular complexity index is 1260. The first kappa shape index (κ1) is 24.6. The van der Waals surface area contributed by atoms with Crippen LogP contribution in [0.3, 0.4) is 0 Å². The van der Waals surface area contributed by atoms with E-state index in [0.717, 1.165) is 25.3 Å². The van der Waals surface area contributed by atoms with Crippen LogP contribution < -0.4 is 25.3 Å². The number of rotatable bonds is 6. The summed E-state index contributed by atoms with van der Waals surface area (Å²) in [7, 11) is 3.83. The Balaban J connectivity index is 1.40. The fraction of sp³-hybridized carbons (Fsp3) is 0.346. The molecule has 3 aromatic rings. The van der Waals surface area contributed by atoms with E-state index in [1.54, 1.807) is 29.3 Å². The summed E-state index contributed by atoms with van der Waals surface area (Å²) in [6, 6.07) is 11.5. The normalized spacial score (nSPS) is 15.8. The lowest BCUT2D eigenvalue weighted by Crippen LogP contribution is -2.46. The summed E-state index contributed by atoms with van der Waals surface area (Å²) in [4.78, 5) is 28.3. The third-order valence-electron chi connectivity index (χ3n) is 6.57. The maximum atomic E-state index is 13.3. The molecule has 0 saturated carbocycles. The Morgan fingerprint density at radius 2 is 1.81 bits per heavy atom. The van der Waals surface area contributed by atoms with Gasteiger partial charge in [-0.25, -0.2) is 4.98 Å². The van der Waals surface area contributed by atoms with E-state index in [4.69, 9.17) is 23.2 Å². The van der Waals surface area contributed by atoms with E-state index in [0.29, 0.717) is 33.1 Å². The molecule has 0 spiro atoms. The van der Waals surface area contributed by atoms with Gasteiger partial charge in [0.05, 0.1) is 22.4 Å². The van der Waals surface area contributed by atoms with Crippen LogP contribution in [0.25, 0.3) is 0 Å². The molecule has 0 atom stereocenters. The molecule has 0 aliphatic carbocycles. The molecule has 0 unspecified atom stereocenters. The number of fused-ring (bicyclic) bond motifs is 1. The smallest absolute Gasteiger partial charge is 0.265 e. The Kier molecular flexibility index (Phi) is 7.18. The second-order valence-corrected chi connectivity index (χ2v) is 9.93. The van der Waals surface area contributed by atoms with Crippen LogP contribution in [0.1, 0.15) is 35.2 Å². The molecular formula is C26H29Cl2N7O. The first-order valence-corrected chi connectivity index (χ1v) is 12.9. The predicted octanol–water partition coefficient (Wildman–Crippen LogP) is 5.29. The van der Waals surface area contributed by atoms with Crippen molar-refractivity contribution in [3.05, 3.63) is 63.8 Å². The highest BCUT2D eigenvalue weighted by Crippen LogP contribution is 2.37. The minimum Gasteiger partial charge on any atom is -0.371 e. The SMILES string of the molecule is CNCc1cc(Nc2ncc3c(n2)N(C)CN(c2c(Cl)cccc2Cl)C3=O)ccc1N1CCCCC1. The molecule has 10 heteroatoms. The van der Waals surface area contributed by atoms with Gasteiger partial charge < -0.3 is 20.4 Å². The molecule has 0 radical (unpaired) electrons. The van der Waals surface area contributed by atoms with Crippen LogP contribution in [0.5, 0.6) is 0 Å². The van der Waals surface area contributed by atoms with Crippen LogP contribution in [0.2, 0.25) is 10.0 Å². The van der Waals surface area contributed by atoms with Gasteiger partial charge in [-0.3, -0.25) is 9.69 Å². The summed E-state index contributed by atoms with van der Waals surface area (Å²) in [5.41, 5.74) is 4.26. The monoisotopic (exact) mass is 525 g/mol. The second kappa shape index (κ2) is 10.5. The molecule has 2 aliphatic heterocycles. The van der Waals surface area contributed by atoms with Crippen molar-refractivity contribution in [2.24, 2.45) is 0 Å². The van der Waals surface area contributed by atoms with Gasteiger partial charge in [-0.2, -0.15) is 4.98 Å². The number of benzene rings is 2. The van der Waals surface area contributed by atoms with E-state index >= 15 is 0 Å². The molecule has 188 valence electrons. The summed E-state index contributed by atoms with van der Waals surface area (Å²) < 4.78 is 0. The number of hydrogen-bond acceptors (Lipinski definition) is 7. The van der Waals surface area contributed by atoms with E-state index in [1.165, 1.54) is 30.5 Å². The van der Waals surface area contributed by atoms with Gasteiger partial charge in [0.15, 0.2) is 0 Å². The number of anilines is 5. The molecule has 1 aromatic heterocycles. The number of hydrogen-bond donors (Lipinski definition) is 2. The number of carbonyl (C=O) groups excluding carboxylic acids is 1. The molecular weight excluding hydrogens is 497 g/mol. The molecule has 8 nitrogen and oxygen atoms in total. The molecule has 2 N–H and O–H groups in total. The largest absolute Gasteiger partial charge is 0.371 e. The van der Waals surface area contributed by atoms with Gasteiger partial charge in [0, 0.05) is 44.3 Å². The van der Waals surface area contributed by atoms with Crippen molar-refractivity contribution in [1.82, 2.24) is 15.3 Å². The van der Waals surface area contributed by atoms with Crippen molar-refractivity contribution in [2.75, 3.05) is 53.9 Å². The summed E-state index contributed by atoms with van der Waals surface area (Å²) in [6.45, 7) is 3.22. The van der Waals surface area contributed by atoms with Crippen molar-refractivity contribution in [2.45, 2.75) is 25.8 Å². The van der Waals surface area contributed by atoms with Crippen molar-refractivity contribution >= 4 is 57.9 Å². The number of nitrogens with one attached hydrogen (secondary N) is 2. The Hall–Kier alpha value is -3.07. The van der Waals surface area contributed by atoms with E-state index in [2.05, 4.69) is 43.7 Å². The van der Waals surface area contributed by atoms with Crippen molar-refractivity contribution in [1.29, 1.82) is 0 Å². The third-order valence-corrected chi connectivity index (χ3v) is 7.18. The van der Waals surface area contributed by atoms with Gasteiger partial charge in [0.25, 0.3) is 5.91 Å². The van der Waals surface area contributed by atoms with Crippen LogP contribution in [-0.4, -0.2) is 49.7 Å². The number of amides is 1. The van der Waals surface area contributed by atoms with Gasteiger partial charge in [-0.15, -0.1) is 0 Å². The average Bonchev–Trinajstić information content (AvgIpc) is 2.88. The molecule has 1 fully saturated rings. The first-order chi connectivity index (χ1) is 17.5. The maximum absolute atomic E-state index is 13.3. The van der Waals surface area contributed by atoms with E-state index in [1.807, 2.05) is 19.0 Å². The fourth-order valence-corrected chi connectivity index (χ4v) is 5.45. The lowest BCUT2D eigenvalue weighted by atomic mass is 10.1. The molecule has 0 bridgehead atoms. The van der Waals surface area contributed by atoms with Gasteiger partial charge in [-0.05, 0) is 62.2 Å². The predicted molar refractivity (Wildman–Crippen MR) is 147 cm³/mol. The van der Waals surface area contributed by atoms with Crippen molar-refractivity contribution in [3.63, 3.8) is 0 Å². The number of carbonyl (C=O) groups is 1. The quantitative estimate of drug-likeness (QED) is 0.452. The van der Waals surface area contributed by atoms with Crippen molar-refractivity contribution in [3.8, 4) is 0 Å². The van der Waals surface area contributed by atoms with Crippen LogP contribution in [-0.2, 0) is 6.54 Å². The molecule has 2 aliphatic rings. The van der Waals surface area contributed by atoms with E-state index < -0.39 is 0 Å². The molecule has 3 heterocycles. The lowest BCUT2D eigenvalue weighted by Gasteiger charge is -2.35. The highest BCUT2D eigenvalue weighted by Gasteiger charge is 2.32. The van der Waals surface area contributed by atoms with Gasteiger partial charge in [0.2, 0.25) is 5.95 Å². The topological polar surface area (TPSA) is 76.6 Å². The van der Waals surface area contributed by atoms with E-state index in [-0.39, 0.29) is 12.6 Å². The van der Waals surface area contributed by atoms with Gasteiger partial charge >= 0.3 is 0 Å². The molecule has 2 aromatic carbocycles. The highest BCUT2D eigenvalue weighted by atomic mass is 35.5. The third kappa shape index (κ3) is 4.81. The number of nitrogens with zero attached hydrogens (tertiary/aromatic N) is 5. The Morgan fingerprint density at radius 1 is 1.06 bits per heavy atom. The number of halogens is 2. The first-order valence-electron chi connectivity index (χ1n) is 12.1. The summed E-state index contributed by atoms with van der Waals surface area (Å²) in [5, 5.41) is 7.42. The van der Waals surface area contributed by atoms with Gasteiger partial charge in [-0.1, -0.05) is 29.3 Å².